The zero-order valence-electron chi connectivity index (χ0n) is 10.5. The van der Waals surface area contributed by atoms with E-state index in [4.69, 9.17) is 22.5 Å². The molecule has 0 unspecified atom stereocenters. The van der Waals surface area contributed by atoms with Gasteiger partial charge >= 0.3 is 0 Å². The van der Waals surface area contributed by atoms with Crippen LogP contribution in [0.25, 0.3) is 0 Å². The maximum Gasteiger partial charge on any atom is 0.273 e. The number of benzene rings is 1. The van der Waals surface area contributed by atoms with Gasteiger partial charge in [-0.15, -0.1) is 0 Å². The molecule has 0 radical (unpaired) electrons. The van der Waals surface area contributed by atoms with Gasteiger partial charge in [-0.1, -0.05) is 16.8 Å². The fourth-order valence-corrected chi connectivity index (χ4v) is 1.79. The summed E-state index contributed by atoms with van der Waals surface area (Å²) in [6, 6.07) is 6.23. The van der Waals surface area contributed by atoms with Gasteiger partial charge in [-0.3, -0.25) is 9.48 Å². The molecule has 0 fully saturated rings. The molecule has 4 N–H and O–H groups in total. The summed E-state index contributed by atoms with van der Waals surface area (Å²) in [7, 11) is 1.66. The number of hydrogen-bond acceptors (Lipinski definition) is 4. The molecule has 1 heterocycles. The van der Waals surface area contributed by atoms with Gasteiger partial charge in [0.25, 0.3) is 5.91 Å². The van der Waals surface area contributed by atoms with Gasteiger partial charge in [0.2, 0.25) is 0 Å². The van der Waals surface area contributed by atoms with Crippen molar-refractivity contribution in [2.75, 3.05) is 5.32 Å². The summed E-state index contributed by atoms with van der Waals surface area (Å²) in [5.74, 6) is -0.429. The van der Waals surface area contributed by atoms with Gasteiger partial charge < -0.3 is 16.3 Å². The van der Waals surface area contributed by atoms with Crippen LogP contribution < -0.4 is 11.1 Å². The van der Waals surface area contributed by atoms with E-state index in [2.05, 4.69) is 15.6 Å². The number of aryl methyl sites for hydroxylation is 1. The molecular weight excluding hydrogens is 282 g/mol. The Labute approximate surface area is 119 Å². The highest BCUT2D eigenvalue weighted by molar-refractivity contribution is 6.34. The van der Waals surface area contributed by atoms with Crippen LogP contribution in [-0.4, -0.2) is 26.7 Å². The zero-order valence-corrected chi connectivity index (χ0v) is 11.3. The van der Waals surface area contributed by atoms with Crippen molar-refractivity contribution in [2.24, 2.45) is 17.9 Å². The maximum absolute atomic E-state index is 12.1. The fourth-order valence-electron chi connectivity index (χ4n) is 1.62. The molecule has 1 aromatic heterocycles. The minimum Gasteiger partial charge on any atom is -0.409 e. The number of nitrogens with zero attached hydrogens (tertiary/aromatic N) is 3. The van der Waals surface area contributed by atoms with Gasteiger partial charge in [0.1, 0.15) is 5.69 Å². The second-order valence-electron chi connectivity index (χ2n) is 3.97. The third kappa shape index (κ3) is 2.72. The summed E-state index contributed by atoms with van der Waals surface area (Å²) in [6.07, 6.45) is 1.52. The van der Waals surface area contributed by atoms with Crippen molar-refractivity contribution in [3.8, 4) is 0 Å². The lowest BCUT2D eigenvalue weighted by atomic mass is 10.2. The van der Waals surface area contributed by atoms with Gasteiger partial charge in [-0.05, 0) is 24.3 Å². The van der Waals surface area contributed by atoms with Crippen LogP contribution in [0.15, 0.2) is 35.6 Å². The lowest BCUT2D eigenvalue weighted by Gasteiger charge is -2.09. The lowest BCUT2D eigenvalue weighted by molar-refractivity contribution is 0.101. The Kier molecular flexibility index (Phi) is 3.90. The summed E-state index contributed by atoms with van der Waals surface area (Å²) in [5, 5.41) is 18.4. The lowest BCUT2D eigenvalue weighted by Crippen LogP contribution is -2.18. The number of anilines is 1. The van der Waals surface area contributed by atoms with Crippen molar-refractivity contribution in [3.05, 3.63) is 46.7 Å². The molecule has 0 saturated carbocycles. The van der Waals surface area contributed by atoms with Gasteiger partial charge in [0.15, 0.2) is 5.84 Å². The Morgan fingerprint density at radius 3 is 2.85 bits per heavy atom. The summed E-state index contributed by atoms with van der Waals surface area (Å²) in [5.41, 5.74) is 6.68. The average molecular weight is 294 g/mol. The van der Waals surface area contributed by atoms with Crippen molar-refractivity contribution < 1.29 is 10.0 Å². The van der Waals surface area contributed by atoms with Crippen LogP contribution in [0.5, 0.6) is 0 Å². The van der Waals surface area contributed by atoms with E-state index >= 15 is 0 Å². The second-order valence-corrected chi connectivity index (χ2v) is 4.38. The first kappa shape index (κ1) is 13.9. The minimum atomic E-state index is -0.358. The number of amides is 1. The van der Waals surface area contributed by atoms with E-state index in [0.29, 0.717) is 22.0 Å². The Bertz CT molecular complexity index is 680. The molecule has 2 rings (SSSR count). The maximum atomic E-state index is 12.1. The normalized spacial score (nSPS) is 11.4. The first-order chi connectivity index (χ1) is 9.52. The quantitative estimate of drug-likeness (QED) is 0.344. The van der Waals surface area contributed by atoms with E-state index in [1.807, 2.05) is 0 Å². The Morgan fingerprint density at radius 2 is 2.25 bits per heavy atom. The number of hydrogen-bond donors (Lipinski definition) is 3. The zero-order chi connectivity index (χ0) is 14.7. The molecule has 0 aliphatic rings. The highest BCUT2D eigenvalue weighted by Gasteiger charge is 2.13. The van der Waals surface area contributed by atoms with Gasteiger partial charge in [-0.2, -0.15) is 5.10 Å². The summed E-state index contributed by atoms with van der Waals surface area (Å²) in [4.78, 5) is 12.1. The van der Waals surface area contributed by atoms with Crippen LogP contribution in [0.4, 0.5) is 5.69 Å². The highest BCUT2D eigenvalue weighted by atomic mass is 35.5. The highest BCUT2D eigenvalue weighted by Crippen LogP contribution is 2.23. The summed E-state index contributed by atoms with van der Waals surface area (Å²) in [6.45, 7) is 0. The average Bonchev–Trinajstić information content (AvgIpc) is 2.86. The third-order valence-electron chi connectivity index (χ3n) is 2.67. The van der Waals surface area contributed by atoms with Gasteiger partial charge in [-0.25, -0.2) is 0 Å². The Balaban J connectivity index is 2.29. The predicted octanol–water partition coefficient (Wildman–Crippen LogP) is 1.42. The second kappa shape index (κ2) is 5.62. The van der Waals surface area contributed by atoms with Crippen LogP contribution >= 0.6 is 11.6 Å². The molecule has 0 saturated heterocycles. The first-order valence-corrected chi connectivity index (χ1v) is 5.97. The number of aromatic nitrogens is 2. The topological polar surface area (TPSA) is 106 Å². The fraction of sp³-hybridized carbons (Fsp3) is 0.0833. The molecule has 104 valence electrons. The van der Waals surface area contributed by atoms with Crippen LogP contribution in [0.2, 0.25) is 5.02 Å². The minimum absolute atomic E-state index is 0.0716. The van der Waals surface area contributed by atoms with E-state index in [0.717, 1.165) is 0 Å². The SMILES string of the molecule is Cn1nccc1C(=O)Nc1cc(/C(N)=N/O)ccc1Cl. The number of nitrogens with one attached hydrogen (secondary N) is 1. The van der Waals surface area contributed by atoms with Crippen molar-refractivity contribution in [1.29, 1.82) is 0 Å². The number of nitrogens with two attached hydrogens (primary N) is 1. The molecule has 0 aliphatic carbocycles. The molecule has 8 heteroatoms. The van der Waals surface area contributed by atoms with E-state index in [1.54, 1.807) is 25.2 Å². The number of rotatable bonds is 3. The van der Waals surface area contributed by atoms with E-state index in [1.165, 1.54) is 16.9 Å². The van der Waals surface area contributed by atoms with E-state index in [9.17, 15) is 4.79 Å². The largest absolute Gasteiger partial charge is 0.409 e. The Morgan fingerprint density at radius 1 is 1.50 bits per heavy atom. The molecular formula is C12H12ClN5O2. The summed E-state index contributed by atoms with van der Waals surface area (Å²) < 4.78 is 1.44. The number of halogens is 1. The van der Waals surface area contributed by atoms with Crippen molar-refractivity contribution in [1.82, 2.24) is 9.78 Å². The molecule has 0 aliphatic heterocycles. The van der Waals surface area contributed by atoms with Crippen LogP contribution in [-0.2, 0) is 7.05 Å². The van der Waals surface area contributed by atoms with Crippen LogP contribution in [0.1, 0.15) is 16.1 Å². The molecule has 1 aromatic carbocycles. The number of oxime groups is 1. The molecule has 0 bridgehead atoms. The Hall–Kier alpha value is -2.54. The molecule has 1 amide bonds. The van der Waals surface area contributed by atoms with Crippen LogP contribution in [0.3, 0.4) is 0 Å². The molecule has 2 aromatic rings. The van der Waals surface area contributed by atoms with Gasteiger partial charge in [0, 0.05) is 18.8 Å². The van der Waals surface area contributed by atoms with E-state index < -0.39 is 0 Å². The number of carbonyl (C=O) groups is 1. The van der Waals surface area contributed by atoms with Crippen molar-refractivity contribution >= 4 is 29.0 Å². The third-order valence-corrected chi connectivity index (χ3v) is 3.00. The first-order valence-electron chi connectivity index (χ1n) is 5.59. The molecule has 0 spiro atoms. The number of carbonyl (C=O) groups excluding carboxylic acids is 1. The van der Waals surface area contributed by atoms with Gasteiger partial charge in [0.05, 0.1) is 10.7 Å². The number of amidine groups is 1. The molecule has 7 nitrogen and oxygen atoms in total. The van der Waals surface area contributed by atoms with Crippen molar-refractivity contribution in [3.63, 3.8) is 0 Å². The predicted molar refractivity (Wildman–Crippen MR) is 75.1 cm³/mol. The summed E-state index contributed by atoms with van der Waals surface area (Å²) >= 11 is 6.01. The monoisotopic (exact) mass is 293 g/mol. The standard InChI is InChI=1S/C12H12ClN5O2/c1-18-10(4-5-15-18)12(19)16-9-6-7(11(14)17-20)2-3-8(9)13/h2-6,20H,1H3,(H2,14,17)(H,16,19). The van der Waals surface area contributed by atoms with Crippen molar-refractivity contribution in [2.45, 2.75) is 0 Å². The van der Waals surface area contributed by atoms with E-state index in [-0.39, 0.29) is 11.7 Å². The van der Waals surface area contributed by atoms with Crippen LogP contribution in [0, 0.1) is 0 Å². The smallest absolute Gasteiger partial charge is 0.273 e. The molecule has 0 atom stereocenters. The molecule has 20 heavy (non-hydrogen) atoms.